The van der Waals surface area contributed by atoms with E-state index in [9.17, 15) is 0 Å². The number of hydrogen-bond acceptors (Lipinski definition) is 2. The standard InChI is InChI=1S/C16H26INO/c1-3-10-18-16(9-12-19-11-4-2)13-14-5-7-15(17)8-6-14/h5-8,16,18H,3-4,9-13H2,1-2H3. The van der Waals surface area contributed by atoms with Crippen molar-refractivity contribution in [1.29, 1.82) is 0 Å². The molecular weight excluding hydrogens is 349 g/mol. The van der Waals surface area contributed by atoms with E-state index < -0.39 is 0 Å². The van der Waals surface area contributed by atoms with Gasteiger partial charge in [-0.3, -0.25) is 0 Å². The fraction of sp³-hybridized carbons (Fsp3) is 0.625. The first-order valence-corrected chi connectivity index (χ1v) is 8.39. The van der Waals surface area contributed by atoms with Gasteiger partial charge in [0.05, 0.1) is 0 Å². The lowest BCUT2D eigenvalue weighted by molar-refractivity contribution is 0.124. The highest BCUT2D eigenvalue weighted by Gasteiger charge is 2.08. The maximum Gasteiger partial charge on any atom is 0.0480 e. The van der Waals surface area contributed by atoms with Crippen molar-refractivity contribution in [1.82, 2.24) is 5.32 Å². The Bertz CT molecular complexity index is 326. The lowest BCUT2D eigenvalue weighted by atomic mass is 10.0. The van der Waals surface area contributed by atoms with Gasteiger partial charge in [-0.05, 0) is 72.5 Å². The monoisotopic (exact) mass is 375 g/mol. The summed E-state index contributed by atoms with van der Waals surface area (Å²) in [5.41, 5.74) is 1.41. The zero-order valence-electron chi connectivity index (χ0n) is 12.1. The molecule has 0 aliphatic rings. The van der Waals surface area contributed by atoms with Crippen LogP contribution in [0.4, 0.5) is 0 Å². The molecule has 1 N–H and O–H groups in total. The summed E-state index contributed by atoms with van der Waals surface area (Å²) < 4.78 is 6.91. The number of halogens is 1. The highest BCUT2D eigenvalue weighted by molar-refractivity contribution is 14.1. The number of ether oxygens (including phenoxy) is 1. The van der Waals surface area contributed by atoms with Gasteiger partial charge in [-0.1, -0.05) is 26.0 Å². The molecule has 0 saturated heterocycles. The molecule has 0 bridgehead atoms. The molecule has 0 aromatic heterocycles. The molecular formula is C16H26INO. The van der Waals surface area contributed by atoms with Gasteiger partial charge in [-0.2, -0.15) is 0 Å². The van der Waals surface area contributed by atoms with Crippen molar-refractivity contribution in [3.05, 3.63) is 33.4 Å². The second-order valence-electron chi connectivity index (χ2n) is 4.88. The summed E-state index contributed by atoms with van der Waals surface area (Å²) in [6, 6.07) is 9.35. The molecule has 0 fully saturated rings. The average molecular weight is 375 g/mol. The van der Waals surface area contributed by atoms with Crippen LogP contribution in [0.3, 0.4) is 0 Å². The Labute approximate surface area is 131 Å². The van der Waals surface area contributed by atoms with E-state index >= 15 is 0 Å². The van der Waals surface area contributed by atoms with Crippen molar-refractivity contribution in [3.8, 4) is 0 Å². The molecule has 0 amide bonds. The molecule has 3 heteroatoms. The van der Waals surface area contributed by atoms with Crippen LogP contribution < -0.4 is 5.32 Å². The summed E-state index contributed by atoms with van der Waals surface area (Å²) in [4.78, 5) is 0. The molecule has 108 valence electrons. The second-order valence-corrected chi connectivity index (χ2v) is 6.13. The van der Waals surface area contributed by atoms with Crippen molar-refractivity contribution in [2.75, 3.05) is 19.8 Å². The maximum atomic E-state index is 5.61. The maximum absolute atomic E-state index is 5.61. The Morgan fingerprint density at radius 1 is 1.11 bits per heavy atom. The van der Waals surface area contributed by atoms with E-state index in [-0.39, 0.29) is 0 Å². The number of nitrogens with one attached hydrogen (secondary N) is 1. The smallest absolute Gasteiger partial charge is 0.0480 e. The van der Waals surface area contributed by atoms with E-state index in [4.69, 9.17) is 4.74 Å². The third-order valence-corrected chi connectivity index (χ3v) is 3.76. The van der Waals surface area contributed by atoms with Gasteiger partial charge in [-0.15, -0.1) is 0 Å². The molecule has 0 aliphatic carbocycles. The summed E-state index contributed by atoms with van der Waals surface area (Å²) >= 11 is 2.35. The van der Waals surface area contributed by atoms with Gasteiger partial charge in [0.1, 0.15) is 0 Å². The van der Waals surface area contributed by atoms with Crippen LogP contribution in [-0.4, -0.2) is 25.8 Å². The zero-order chi connectivity index (χ0) is 13.9. The summed E-state index contributed by atoms with van der Waals surface area (Å²) in [5.74, 6) is 0. The van der Waals surface area contributed by atoms with Crippen molar-refractivity contribution in [3.63, 3.8) is 0 Å². The second kappa shape index (κ2) is 10.6. The van der Waals surface area contributed by atoms with Crippen LogP contribution in [0.5, 0.6) is 0 Å². The summed E-state index contributed by atoms with van der Waals surface area (Å²) in [6.45, 7) is 7.19. The first-order chi connectivity index (χ1) is 9.26. The quantitative estimate of drug-likeness (QED) is 0.493. The van der Waals surface area contributed by atoms with Gasteiger partial charge in [0.25, 0.3) is 0 Å². The van der Waals surface area contributed by atoms with Crippen LogP contribution in [0.2, 0.25) is 0 Å². The Balaban J connectivity index is 2.41. The number of rotatable bonds is 10. The van der Waals surface area contributed by atoms with Gasteiger partial charge in [0.15, 0.2) is 0 Å². The largest absolute Gasteiger partial charge is 0.381 e. The van der Waals surface area contributed by atoms with E-state index in [0.29, 0.717) is 6.04 Å². The fourth-order valence-electron chi connectivity index (χ4n) is 2.00. The van der Waals surface area contributed by atoms with E-state index in [0.717, 1.165) is 39.0 Å². The SMILES string of the molecule is CCCNC(CCOCCC)Cc1ccc(I)cc1. The topological polar surface area (TPSA) is 21.3 Å². The minimum Gasteiger partial charge on any atom is -0.381 e. The Kier molecular flexibility index (Phi) is 9.47. The molecule has 1 rings (SSSR count). The third kappa shape index (κ3) is 7.90. The van der Waals surface area contributed by atoms with Crippen LogP contribution >= 0.6 is 22.6 Å². The summed E-state index contributed by atoms with van der Waals surface area (Å²) in [6.07, 6.45) is 4.46. The van der Waals surface area contributed by atoms with Crippen LogP contribution in [0.1, 0.15) is 38.7 Å². The molecule has 1 atom stereocenters. The van der Waals surface area contributed by atoms with Crippen molar-refractivity contribution in [2.24, 2.45) is 0 Å². The molecule has 0 saturated carbocycles. The van der Waals surface area contributed by atoms with Crippen LogP contribution in [0.15, 0.2) is 24.3 Å². The molecule has 0 spiro atoms. The molecule has 2 nitrogen and oxygen atoms in total. The van der Waals surface area contributed by atoms with Gasteiger partial charge < -0.3 is 10.1 Å². The Hall–Kier alpha value is -0.130. The van der Waals surface area contributed by atoms with Crippen LogP contribution in [0.25, 0.3) is 0 Å². The predicted molar refractivity (Wildman–Crippen MR) is 90.7 cm³/mol. The highest BCUT2D eigenvalue weighted by atomic mass is 127. The predicted octanol–water partition coefficient (Wildman–Crippen LogP) is 4.02. The van der Waals surface area contributed by atoms with Gasteiger partial charge >= 0.3 is 0 Å². The summed E-state index contributed by atoms with van der Waals surface area (Å²) in [7, 11) is 0. The average Bonchev–Trinajstić information content (AvgIpc) is 2.43. The Morgan fingerprint density at radius 2 is 1.84 bits per heavy atom. The third-order valence-electron chi connectivity index (χ3n) is 3.04. The summed E-state index contributed by atoms with van der Waals surface area (Å²) in [5, 5.41) is 3.63. The van der Waals surface area contributed by atoms with E-state index in [1.165, 1.54) is 15.6 Å². The molecule has 0 heterocycles. The van der Waals surface area contributed by atoms with Gasteiger partial charge in [0.2, 0.25) is 0 Å². The first kappa shape index (κ1) is 16.9. The molecule has 0 aliphatic heterocycles. The van der Waals surface area contributed by atoms with E-state index in [2.05, 4.69) is 66.0 Å². The minimum absolute atomic E-state index is 0.525. The molecule has 1 unspecified atom stereocenters. The molecule has 1 aromatic rings. The minimum atomic E-state index is 0.525. The lowest BCUT2D eigenvalue weighted by Crippen LogP contribution is -2.33. The van der Waals surface area contributed by atoms with Crippen LogP contribution in [0, 0.1) is 3.57 Å². The molecule has 1 aromatic carbocycles. The van der Waals surface area contributed by atoms with E-state index in [1.807, 2.05) is 0 Å². The molecule has 0 radical (unpaired) electrons. The first-order valence-electron chi connectivity index (χ1n) is 7.31. The lowest BCUT2D eigenvalue weighted by Gasteiger charge is -2.18. The normalized spacial score (nSPS) is 12.6. The van der Waals surface area contributed by atoms with E-state index in [1.54, 1.807) is 0 Å². The highest BCUT2D eigenvalue weighted by Crippen LogP contribution is 2.10. The number of benzene rings is 1. The van der Waals surface area contributed by atoms with Gasteiger partial charge in [0, 0.05) is 22.8 Å². The van der Waals surface area contributed by atoms with Gasteiger partial charge in [-0.25, -0.2) is 0 Å². The van der Waals surface area contributed by atoms with Crippen molar-refractivity contribution < 1.29 is 4.74 Å². The fourth-order valence-corrected chi connectivity index (χ4v) is 2.36. The zero-order valence-corrected chi connectivity index (χ0v) is 14.3. The Morgan fingerprint density at radius 3 is 2.47 bits per heavy atom. The van der Waals surface area contributed by atoms with Crippen LogP contribution in [-0.2, 0) is 11.2 Å². The number of hydrogen-bond donors (Lipinski definition) is 1. The van der Waals surface area contributed by atoms with Crippen molar-refractivity contribution in [2.45, 2.75) is 45.6 Å². The van der Waals surface area contributed by atoms with Crippen molar-refractivity contribution >= 4 is 22.6 Å². The molecule has 19 heavy (non-hydrogen) atoms.